The standard InChI is InChI=1S/C24H24N4O3S/c1-30-16-6-4-5-15(13-16)28-14-25-20-19-17-7-2-3-8-18(17)22(27-9-11-31-12-10-27)26-23(19)32-21(20)24(28)29/h4-6,13-14H,2-3,7-12H2,1H3/p+1. The Morgan fingerprint density at radius 2 is 1.97 bits per heavy atom. The summed E-state index contributed by atoms with van der Waals surface area (Å²) in [6.07, 6.45) is 6.11. The summed E-state index contributed by atoms with van der Waals surface area (Å²) in [5, 5.41) is 1.13. The lowest BCUT2D eigenvalue weighted by atomic mass is 9.90. The summed E-state index contributed by atoms with van der Waals surface area (Å²) >= 11 is 1.52. The van der Waals surface area contributed by atoms with Crippen molar-refractivity contribution in [3.05, 3.63) is 52.1 Å². The number of pyridine rings is 1. The number of hydrogen-bond acceptors (Lipinski definition) is 6. The molecule has 0 spiro atoms. The third-order valence-electron chi connectivity index (χ3n) is 6.54. The molecule has 1 aliphatic heterocycles. The largest absolute Gasteiger partial charge is 0.497 e. The van der Waals surface area contributed by atoms with Gasteiger partial charge in [0, 0.05) is 11.6 Å². The van der Waals surface area contributed by atoms with Gasteiger partial charge in [0.15, 0.2) is 4.83 Å². The second kappa shape index (κ2) is 7.86. The molecule has 0 atom stereocenters. The van der Waals surface area contributed by atoms with Gasteiger partial charge < -0.3 is 9.47 Å². The van der Waals surface area contributed by atoms with E-state index >= 15 is 0 Å². The predicted molar refractivity (Wildman–Crippen MR) is 126 cm³/mol. The van der Waals surface area contributed by atoms with Crippen LogP contribution in [0, 0.1) is 0 Å². The van der Waals surface area contributed by atoms with Gasteiger partial charge in [-0.1, -0.05) is 17.4 Å². The van der Waals surface area contributed by atoms with Crippen molar-refractivity contribution in [2.75, 3.05) is 38.3 Å². The smallest absolute Gasteiger partial charge is 0.279 e. The number of aromatic nitrogens is 3. The van der Waals surface area contributed by atoms with Crippen LogP contribution in [-0.2, 0) is 17.6 Å². The molecular formula is C24H25N4O3S+. The number of nitrogens with zero attached hydrogens (tertiary/aromatic N) is 3. The van der Waals surface area contributed by atoms with Gasteiger partial charge in [-0.25, -0.2) is 9.97 Å². The first-order valence-electron chi connectivity index (χ1n) is 11.1. The second-order valence-corrected chi connectivity index (χ2v) is 9.36. The van der Waals surface area contributed by atoms with Crippen LogP contribution in [0.5, 0.6) is 5.75 Å². The quantitative estimate of drug-likeness (QED) is 0.481. The summed E-state index contributed by atoms with van der Waals surface area (Å²) in [6.45, 7) is 3.28. The molecule has 8 heteroatoms. The summed E-state index contributed by atoms with van der Waals surface area (Å²) in [7, 11) is 1.63. The Hall–Kier alpha value is -2.97. The summed E-state index contributed by atoms with van der Waals surface area (Å²) < 4.78 is 13.2. The van der Waals surface area contributed by atoms with E-state index in [1.807, 2.05) is 24.3 Å². The van der Waals surface area contributed by atoms with Gasteiger partial charge in [0.25, 0.3) is 11.4 Å². The molecule has 1 aromatic carbocycles. The maximum Gasteiger partial charge on any atom is 0.279 e. The number of fused-ring (bicyclic) bond motifs is 5. The number of rotatable bonds is 3. The number of thiophene rings is 1. The van der Waals surface area contributed by atoms with E-state index in [4.69, 9.17) is 14.5 Å². The average Bonchev–Trinajstić information content (AvgIpc) is 3.24. The first-order valence-corrected chi connectivity index (χ1v) is 11.9. The Labute approximate surface area is 189 Å². The van der Waals surface area contributed by atoms with Crippen molar-refractivity contribution < 1.29 is 14.5 Å². The summed E-state index contributed by atoms with van der Waals surface area (Å²) in [4.78, 5) is 25.4. The number of aryl methyl sites for hydroxylation is 1. The van der Waals surface area contributed by atoms with Crippen molar-refractivity contribution in [2.45, 2.75) is 25.7 Å². The van der Waals surface area contributed by atoms with Crippen LogP contribution in [0.3, 0.4) is 0 Å². The fraction of sp³-hybridized carbons (Fsp3) is 0.375. The van der Waals surface area contributed by atoms with Crippen LogP contribution in [-0.4, -0.2) is 43.0 Å². The Bertz CT molecular complexity index is 1390. The maximum absolute atomic E-state index is 13.5. The fourth-order valence-corrected chi connectivity index (χ4v) is 6.07. The summed E-state index contributed by atoms with van der Waals surface area (Å²) in [6, 6.07) is 7.50. The molecule has 2 aliphatic rings. The summed E-state index contributed by atoms with van der Waals surface area (Å²) in [5.74, 6) is 1.92. The first kappa shape index (κ1) is 19.7. The highest BCUT2D eigenvalue weighted by atomic mass is 32.1. The zero-order valence-electron chi connectivity index (χ0n) is 18.0. The summed E-state index contributed by atoms with van der Waals surface area (Å²) in [5.41, 5.74) is 4.28. The SMILES string of the molecule is COc1cccc(-n2cnc3c(sc4[nH+]c(N5CCOCC5)c5c(c43)CCCC5)c2=O)c1. The van der Waals surface area contributed by atoms with Crippen LogP contribution in [0.2, 0.25) is 0 Å². The normalized spacial score (nSPS) is 16.5. The molecule has 0 amide bonds. The molecule has 0 saturated carbocycles. The third-order valence-corrected chi connectivity index (χ3v) is 7.63. The van der Waals surface area contributed by atoms with Gasteiger partial charge in [-0.15, -0.1) is 0 Å². The van der Waals surface area contributed by atoms with Crippen LogP contribution in [0.25, 0.3) is 26.1 Å². The lowest BCUT2D eigenvalue weighted by Crippen LogP contribution is -2.40. The molecule has 32 heavy (non-hydrogen) atoms. The zero-order chi connectivity index (χ0) is 21.7. The highest BCUT2D eigenvalue weighted by Crippen LogP contribution is 2.38. The molecule has 1 aliphatic carbocycles. The van der Waals surface area contributed by atoms with Crippen LogP contribution in [0.4, 0.5) is 5.82 Å². The number of methoxy groups -OCH3 is 1. The van der Waals surface area contributed by atoms with Gasteiger partial charge in [0.2, 0.25) is 0 Å². The Kier molecular flexibility index (Phi) is 4.84. The van der Waals surface area contributed by atoms with Gasteiger partial charge in [-0.05, 0) is 43.4 Å². The Morgan fingerprint density at radius 1 is 1.16 bits per heavy atom. The predicted octanol–water partition coefficient (Wildman–Crippen LogP) is 3.14. The first-order chi connectivity index (χ1) is 15.7. The van der Waals surface area contributed by atoms with Gasteiger partial charge >= 0.3 is 0 Å². The number of morpholine rings is 1. The van der Waals surface area contributed by atoms with Crippen molar-refractivity contribution in [1.29, 1.82) is 0 Å². The lowest BCUT2D eigenvalue weighted by molar-refractivity contribution is -0.328. The molecule has 3 aromatic heterocycles. The van der Waals surface area contributed by atoms with E-state index in [0.717, 1.165) is 60.6 Å². The Balaban J connectivity index is 1.58. The third kappa shape index (κ3) is 3.09. The molecule has 6 rings (SSSR count). The van der Waals surface area contributed by atoms with Crippen molar-refractivity contribution >= 4 is 37.6 Å². The molecule has 7 nitrogen and oxygen atoms in total. The number of aromatic amines is 1. The molecule has 0 bridgehead atoms. The molecule has 1 saturated heterocycles. The molecule has 4 heterocycles. The van der Waals surface area contributed by atoms with E-state index in [1.54, 1.807) is 18.0 Å². The van der Waals surface area contributed by atoms with E-state index in [9.17, 15) is 4.79 Å². The highest BCUT2D eigenvalue weighted by Gasteiger charge is 2.30. The topological polar surface area (TPSA) is 70.7 Å². The zero-order valence-corrected chi connectivity index (χ0v) is 18.8. The van der Waals surface area contributed by atoms with E-state index in [1.165, 1.54) is 41.1 Å². The number of anilines is 1. The molecule has 4 aromatic rings. The maximum atomic E-state index is 13.5. The molecule has 1 N–H and O–H groups in total. The fourth-order valence-electron chi connectivity index (χ4n) is 4.96. The second-order valence-electron chi connectivity index (χ2n) is 8.34. The van der Waals surface area contributed by atoms with Crippen molar-refractivity contribution in [2.24, 2.45) is 0 Å². The lowest BCUT2D eigenvalue weighted by Gasteiger charge is -2.25. The monoisotopic (exact) mass is 449 g/mol. The molecule has 1 fully saturated rings. The molecule has 0 radical (unpaired) electrons. The highest BCUT2D eigenvalue weighted by molar-refractivity contribution is 7.25. The van der Waals surface area contributed by atoms with E-state index in [-0.39, 0.29) is 5.56 Å². The number of hydrogen-bond donors (Lipinski definition) is 0. The number of ether oxygens (including phenoxy) is 2. The van der Waals surface area contributed by atoms with Crippen LogP contribution < -0.4 is 20.2 Å². The van der Waals surface area contributed by atoms with Gasteiger partial charge in [-0.2, -0.15) is 0 Å². The number of benzene rings is 1. The van der Waals surface area contributed by atoms with Crippen molar-refractivity contribution in [3.8, 4) is 11.4 Å². The van der Waals surface area contributed by atoms with Crippen LogP contribution >= 0.6 is 11.3 Å². The van der Waals surface area contributed by atoms with E-state index in [0.29, 0.717) is 10.4 Å². The minimum absolute atomic E-state index is 0.0460. The van der Waals surface area contributed by atoms with Crippen LogP contribution in [0.1, 0.15) is 24.0 Å². The Morgan fingerprint density at radius 3 is 2.78 bits per heavy atom. The molecule has 0 unspecified atom stereocenters. The number of H-pyrrole nitrogens is 1. The number of nitrogens with one attached hydrogen (secondary N) is 1. The van der Waals surface area contributed by atoms with E-state index in [2.05, 4.69) is 9.88 Å². The minimum Gasteiger partial charge on any atom is -0.497 e. The van der Waals surface area contributed by atoms with Crippen molar-refractivity contribution in [3.63, 3.8) is 0 Å². The van der Waals surface area contributed by atoms with Crippen LogP contribution in [0.15, 0.2) is 35.4 Å². The van der Waals surface area contributed by atoms with E-state index < -0.39 is 0 Å². The van der Waals surface area contributed by atoms with Gasteiger partial charge in [0.05, 0.1) is 31.4 Å². The molecular weight excluding hydrogens is 424 g/mol. The van der Waals surface area contributed by atoms with Crippen molar-refractivity contribution in [1.82, 2.24) is 9.55 Å². The van der Waals surface area contributed by atoms with Gasteiger partial charge in [0.1, 0.15) is 35.4 Å². The minimum atomic E-state index is -0.0460. The van der Waals surface area contributed by atoms with Gasteiger partial charge in [-0.3, -0.25) is 14.3 Å². The molecule has 164 valence electrons. The average molecular weight is 450 g/mol.